The van der Waals surface area contributed by atoms with Crippen molar-refractivity contribution in [2.75, 3.05) is 0 Å². The summed E-state index contributed by atoms with van der Waals surface area (Å²) in [6.07, 6.45) is -4.39. The van der Waals surface area contributed by atoms with E-state index < -0.39 is 20.1 Å². The zero-order chi connectivity index (χ0) is 16.4. The van der Waals surface area contributed by atoms with Gasteiger partial charge in [-0.25, -0.2) is 0 Å². The molecule has 0 aliphatic rings. The molecule has 6 heteroatoms. The Hall–Kier alpha value is -1.56. The summed E-state index contributed by atoms with van der Waals surface area (Å²) in [6, 6.07) is 4.55. The third-order valence-corrected chi connectivity index (χ3v) is 3.58. The van der Waals surface area contributed by atoms with Crippen LogP contribution in [0.25, 0.3) is 5.57 Å². The van der Waals surface area contributed by atoms with Crippen molar-refractivity contribution in [3.05, 3.63) is 41.2 Å². The minimum atomic E-state index is -4.39. The number of benzene rings is 1. The summed E-state index contributed by atoms with van der Waals surface area (Å²) in [6.45, 7) is 8.97. The zero-order valence-corrected chi connectivity index (χ0v) is 13.8. The lowest BCUT2D eigenvalue weighted by Gasteiger charge is -2.22. The van der Waals surface area contributed by atoms with Crippen LogP contribution in [0.4, 0.5) is 13.2 Å². The molecule has 1 aromatic rings. The second kappa shape index (κ2) is 6.05. The minimum Gasteiger partial charge on any atom is -0.547 e. The average molecular weight is 316 g/mol. The van der Waals surface area contributed by atoms with Crippen molar-refractivity contribution < 1.29 is 22.4 Å². The monoisotopic (exact) mass is 316 g/mol. The number of alkyl halides is 3. The normalized spacial score (nSPS) is 13.7. The van der Waals surface area contributed by atoms with Crippen molar-refractivity contribution in [1.82, 2.24) is 0 Å². The van der Waals surface area contributed by atoms with E-state index in [1.807, 2.05) is 19.6 Å². The molecule has 0 aliphatic heterocycles. The van der Waals surface area contributed by atoms with Crippen LogP contribution in [0.15, 0.2) is 30.0 Å². The molecule has 0 aliphatic carbocycles. The minimum absolute atomic E-state index is 0.231. The Morgan fingerprint density at radius 1 is 1.05 bits per heavy atom. The van der Waals surface area contributed by atoms with Gasteiger partial charge in [0.2, 0.25) is 8.32 Å². The average Bonchev–Trinajstić information content (AvgIpc) is 2.25. The van der Waals surface area contributed by atoms with Gasteiger partial charge >= 0.3 is 6.18 Å². The molecule has 1 rings (SSSR count). The Morgan fingerprint density at radius 2 is 1.52 bits per heavy atom. The van der Waals surface area contributed by atoms with Crippen molar-refractivity contribution in [1.29, 1.82) is 0 Å². The van der Waals surface area contributed by atoms with Gasteiger partial charge in [-0.2, -0.15) is 13.2 Å². The molecule has 21 heavy (non-hydrogen) atoms. The second-order valence-corrected chi connectivity index (χ2v) is 10.2. The number of hydrogen-bond donors (Lipinski definition) is 0. The molecule has 116 valence electrons. The molecule has 0 atom stereocenters. The molecule has 0 spiro atoms. The van der Waals surface area contributed by atoms with E-state index in [1.54, 1.807) is 6.92 Å². The summed E-state index contributed by atoms with van der Waals surface area (Å²) in [5.41, 5.74) is 0.0234. The highest BCUT2D eigenvalue weighted by molar-refractivity contribution is 6.70. The number of halogens is 3. The van der Waals surface area contributed by atoms with Crippen LogP contribution in [0.1, 0.15) is 25.0 Å². The summed E-state index contributed by atoms with van der Waals surface area (Å²) >= 11 is 0. The topological polar surface area (TPSA) is 26.3 Å². The quantitative estimate of drug-likeness (QED) is 0.450. The van der Waals surface area contributed by atoms with Gasteiger partial charge in [-0.3, -0.25) is 4.79 Å². The van der Waals surface area contributed by atoms with Crippen LogP contribution in [0, 0.1) is 0 Å². The lowest BCUT2D eigenvalue weighted by molar-refractivity contribution is -0.137. The van der Waals surface area contributed by atoms with Crippen LogP contribution < -0.4 is 0 Å². The number of carbonyl (C=O) groups excluding carboxylic acids is 1. The van der Waals surface area contributed by atoms with Crippen LogP contribution in [-0.2, 0) is 15.4 Å². The zero-order valence-electron chi connectivity index (χ0n) is 12.8. The molecule has 0 bridgehead atoms. The third kappa shape index (κ3) is 5.04. The maximum absolute atomic E-state index is 12.6. The van der Waals surface area contributed by atoms with Gasteiger partial charge in [0.05, 0.1) is 16.9 Å². The van der Waals surface area contributed by atoms with E-state index in [0.29, 0.717) is 16.9 Å². The molecule has 0 saturated carbocycles. The van der Waals surface area contributed by atoms with E-state index in [1.165, 1.54) is 19.1 Å². The molecule has 1 aromatic carbocycles. The fraction of sp³-hybridized carbons (Fsp3) is 0.400. The molecule has 0 N–H and O–H groups in total. The van der Waals surface area contributed by atoms with Gasteiger partial charge in [0.25, 0.3) is 0 Å². The van der Waals surface area contributed by atoms with Gasteiger partial charge in [0.1, 0.15) is 0 Å². The largest absolute Gasteiger partial charge is 0.547 e. The molecule has 0 unspecified atom stereocenters. The van der Waals surface area contributed by atoms with Crippen molar-refractivity contribution >= 4 is 19.7 Å². The van der Waals surface area contributed by atoms with Crippen molar-refractivity contribution in [2.24, 2.45) is 0 Å². The highest BCUT2D eigenvalue weighted by Gasteiger charge is 2.30. The van der Waals surface area contributed by atoms with Gasteiger partial charge in [0, 0.05) is 0 Å². The first-order chi connectivity index (χ1) is 9.42. The fourth-order valence-corrected chi connectivity index (χ4v) is 3.01. The van der Waals surface area contributed by atoms with Crippen molar-refractivity contribution in [3.8, 4) is 0 Å². The van der Waals surface area contributed by atoms with E-state index in [4.69, 9.17) is 4.43 Å². The van der Waals surface area contributed by atoms with E-state index in [9.17, 15) is 18.0 Å². The van der Waals surface area contributed by atoms with Crippen LogP contribution in [-0.4, -0.2) is 14.1 Å². The number of Topliss-reactive ketones (excluding diaryl/α,β-unsaturated/α-hetero) is 1. The standard InChI is InChI=1S/C15H19F3O2Si/c1-10(19)14(11(2)20-21(3,4)5)12-6-8-13(9-7-12)15(16,17)18/h6-9H,1-5H3/b14-11+. The first-order valence-electron chi connectivity index (χ1n) is 6.50. The second-order valence-electron chi connectivity index (χ2n) is 5.78. The van der Waals surface area contributed by atoms with Crippen molar-refractivity contribution in [2.45, 2.75) is 39.7 Å². The van der Waals surface area contributed by atoms with Gasteiger partial charge in [-0.15, -0.1) is 0 Å². The van der Waals surface area contributed by atoms with Crippen molar-refractivity contribution in [3.63, 3.8) is 0 Å². The van der Waals surface area contributed by atoms with E-state index in [0.717, 1.165) is 12.1 Å². The Kier molecular flexibility index (Phi) is 5.04. The number of hydrogen-bond acceptors (Lipinski definition) is 2. The van der Waals surface area contributed by atoms with Crippen LogP contribution >= 0.6 is 0 Å². The first kappa shape index (κ1) is 17.5. The third-order valence-electron chi connectivity index (χ3n) is 2.66. The van der Waals surface area contributed by atoms with E-state index in [-0.39, 0.29) is 5.78 Å². The van der Waals surface area contributed by atoms with Gasteiger partial charge in [-0.1, -0.05) is 12.1 Å². The first-order valence-corrected chi connectivity index (χ1v) is 9.91. The van der Waals surface area contributed by atoms with E-state index >= 15 is 0 Å². The van der Waals surface area contributed by atoms with Gasteiger partial charge in [-0.05, 0) is 51.2 Å². The molecular formula is C15H19F3O2Si. The Bertz CT molecular complexity index is 552. The predicted octanol–water partition coefficient (Wildman–Crippen LogP) is 4.88. The lowest BCUT2D eigenvalue weighted by Crippen LogP contribution is -2.25. The maximum Gasteiger partial charge on any atom is 0.416 e. The van der Waals surface area contributed by atoms with Crippen LogP contribution in [0.3, 0.4) is 0 Å². The summed E-state index contributed by atoms with van der Waals surface area (Å²) in [4.78, 5) is 11.8. The summed E-state index contributed by atoms with van der Waals surface area (Å²) < 4.78 is 43.5. The fourth-order valence-electron chi connectivity index (χ4n) is 1.99. The molecule has 0 amide bonds. The summed E-state index contributed by atoms with van der Waals surface area (Å²) in [5, 5.41) is 0. The molecule has 0 heterocycles. The lowest BCUT2D eigenvalue weighted by atomic mass is 10.00. The van der Waals surface area contributed by atoms with Gasteiger partial charge < -0.3 is 4.43 Å². The SMILES string of the molecule is CC(=O)/C(=C(/C)O[Si](C)(C)C)c1ccc(C(F)(F)F)cc1. The molecule has 0 aromatic heterocycles. The highest BCUT2D eigenvalue weighted by atomic mass is 28.4. The molecule has 0 saturated heterocycles. The number of allylic oxidation sites excluding steroid dienone is 2. The molecule has 2 nitrogen and oxygen atoms in total. The molecule has 0 fully saturated rings. The molecule has 0 radical (unpaired) electrons. The summed E-state index contributed by atoms with van der Waals surface area (Å²) in [7, 11) is -1.89. The number of ketones is 1. The number of rotatable bonds is 4. The summed E-state index contributed by atoms with van der Waals surface area (Å²) in [5.74, 6) is 0.229. The smallest absolute Gasteiger partial charge is 0.416 e. The van der Waals surface area contributed by atoms with E-state index in [2.05, 4.69) is 0 Å². The molecular weight excluding hydrogens is 297 g/mol. The maximum atomic E-state index is 12.6. The van der Waals surface area contributed by atoms with Crippen LogP contribution in [0.5, 0.6) is 0 Å². The number of carbonyl (C=O) groups is 1. The van der Waals surface area contributed by atoms with Gasteiger partial charge in [0.15, 0.2) is 5.78 Å². The predicted molar refractivity (Wildman–Crippen MR) is 79.2 cm³/mol. The Balaban J connectivity index is 3.25. The Morgan fingerprint density at radius 3 is 1.86 bits per heavy atom. The van der Waals surface area contributed by atoms with Crippen LogP contribution in [0.2, 0.25) is 19.6 Å². The highest BCUT2D eigenvalue weighted by Crippen LogP contribution is 2.31. The Labute approximate surface area is 123 Å².